The molecule has 5 aromatic rings. The van der Waals surface area contributed by atoms with E-state index in [1.54, 1.807) is 24.3 Å². The number of aryl methyl sites for hydroxylation is 2. The molecule has 0 aliphatic rings. The molecule has 0 unspecified atom stereocenters. The maximum Gasteiger partial charge on any atom is 0.259 e. The second-order valence-electron chi connectivity index (χ2n) is 8.61. The van der Waals surface area contributed by atoms with E-state index in [2.05, 4.69) is 55.0 Å². The van der Waals surface area contributed by atoms with E-state index >= 15 is 0 Å². The van der Waals surface area contributed by atoms with Crippen molar-refractivity contribution in [3.8, 4) is 0 Å². The van der Waals surface area contributed by atoms with Gasteiger partial charge in [-0.1, -0.05) is 72.0 Å². The van der Waals surface area contributed by atoms with Crippen LogP contribution in [0.1, 0.15) is 46.5 Å². The fourth-order valence-corrected chi connectivity index (χ4v) is 4.80. The van der Waals surface area contributed by atoms with Crippen molar-refractivity contribution in [2.24, 2.45) is 0 Å². The molecular weight excluding hydrogens is 472 g/mol. The fraction of sp³-hybridized carbons (Fsp3) is 0.222. The zero-order valence-electron chi connectivity index (χ0n) is 19.6. The summed E-state index contributed by atoms with van der Waals surface area (Å²) in [6, 6.07) is 23.4. The quantitative estimate of drug-likeness (QED) is 0.242. The molecule has 36 heavy (non-hydrogen) atoms. The van der Waals surface area contributed by atoms with Crippen molar-refractivity contribution in [3.05, 3.63) is 100 Å². The molecule has 3 N–H and O–H groups in total. The summed E-state index contributed by atoms with van der Waals surface area (Å²) in [6.07, 6.45) is 3.04. The molecule has 0 aliphatic carbocycles. The zero-order valence-corrected chi connectivity index (χ0v) is 20.4. The number of anilines is 1. The van der Waals surface area contributed by atoms with E-state index < -0.39 is 12.0 Å². The molecule has 0 bridgehead atoms. The lowest BCUT2D eigenvalue weighted by molar-refractivity contribution is -0.124. The summed E-state index contributed by atoms with van der Waals surface area (Å²) in [4.78, 5) is 15.6. The Hall–Kier alpha value is -3.95. The highest BCUT2D eigenvalue weighted by atomic mass is 32.1. The fourth-order valence-electron chi connectivity index (χ4n) is 4.01. The van der Waals surface area contributed by atoms with Gasteiger partial charge in [0.1, 0.15) is 5.01 Å². The molecule has 0 saturated carbocycles. The summed E-state index contributed by atoms with van der Waals surface area (Å²) in [6.45, 7) is 0. The maximum absolute atomic E-state index is 12.3. The molecule has 5 rings (SSSR count). The molecule has 0 spiro atoms. The van der Waals surface area contributed by atoms with Crippen molar-refractivity contribution in [1.29, 1.82) is 0 Å². The number of nitrogens with one attached hydrogen (secondary N) is 2. The van der Waals surface area contributed by atoms with Crippen LogP contribution in [0.2, 0.25) is 0 Å². The first kappa shape index (κ1) is 23.8. The first-order valence-corrected chi connectivity index (χ1v) is 12.7. The first-order chi connectivity index (χ1) is 17.6. The molecule has 3 aromatic heterocycles. The minimum absolute atomic E-state index is 0.389. The van der Waals surface area contributed by atoms with Gasteiger partial charge in [0.25, 0.3) is 5.91 Å². The second-order valence-corrected chi connectivity index (χ2v) is 9.67. The van der Waals surface area contributed by atoms with Crippen molar-refractivity contribution < 1.29 is 9.90 Å². The highest BCUT2D eigenvalue weighted by molar-refractivity contribution is 7.15. The normalized spacial score (nSPS) is 12.0. The number of benzene rings is 2. The Labute approximate surface area is 212 Å². The minimum Gasteiger partial charge on any atom is -0.378 e. The number of hydrogen-bond donors (Lipinski definition) is 3. The number of rotatable bonds is 10. The summed E-state index contributed by atoms with van der Waals surface area (Å²) in [5.74, 6) is -0.519. The summed E-state index contributed by atoms with van der Waals surface area (Å²) >= 11 is 1.33. The first-order valence-electron chi connectivity index (χ1n) is 11.9. The maximum atomic E-state index is 12.3. The monoisotopic (exact) mass is 498 g/mol. The van der Waals surface area contributed by atoms with E-state index in [0.29, 0.717) is 10.7 Å². The Morgan fingerprint density at radius 2 is 1.67 bits per heavy atom. The number of aromatic amines is 1. The summed E-state index contributed by atoms with van der Waals surface area (Å²) < 4.78 is 0. The number of unbranched alkanes of at least 4 members (excludes halogenated alkanes) is 1. The minimum atomic E-state index is -1.24. The third-order valence-electron chi connectivity index (χ3n) is 5.85. The Morgan fingerprint density at radius 1 is 0.917 bits per heavy atom. The van der Waals surface area contributed by atoms with Crippen LogP contribution in [0.25, 0.3) is 11.0 Å². The average Bonchev–Trinajstić information content (AvgIpc) is 3.53. The zero-order chi connectivity index (χ0) is 24.7. The molecule has 1 atom stereocenters. The van der Waals surface area contributed by atoms with E-state index in [-0.39, 0.29) is 0 Å². The lowest BCUT2D eigenvalue weighted by Gasteiger charge is -2.09. The predicted molar refractivity (Wildman–Crippen MR) is 140 cm³/mol. The largest absolute Gasteiger partial charge is 0.378 e. The second kappa shape index (κ2) is 11.2. The number of hydrogen-bond acceptors (Lipinski definition) is 7. The molecule has 3 heterocycles. The van der Waals surface area contributed by atoms with Gasteiger partial charge in [0.05, 0.1) is 5.69 Å². The van der Waals surface area contributed by atoms with Crippen molar-refractivity contribution >= 4 is 33.4 Å². The van der Waals surface area contributed by atoms with E-state index in [9.17, 15) is 9.90 Å². The van der Waals surface area contributed by atoms with Crippen LogP contribution < -0.4 is 5.32 Å². The number of carbonyl (C=O) groups is 1. The standard InChI is InChI=1S/C27H26N6O2S/c34-24(19-11-5-2-6-12-19)26(35)29-27-33-31-23(36-27)14-8-7-13-21-16-20-17-22(28-25(20)32-30-21)15-18-9-3-1-4-10-18/h1-6,9-12,16-17,24,34H,7-8,13-15H2,(H,28,32)(H,29,33,35)/t24-/m1/s1. The van der Waals surface area contributed by atoms with Crippen molar-refractivity contribution in [3.63, 3.8) is 0 Å². The van der Waals surface area contributed by atoms with Crippen LogP contribution in [0.3, 0.4) is 0 Å². The van der Waals surface area contributed by atoms with Gasteiger partial charge in [-0.2, -0.15) is 5.10 Å². The van der Waals surface area contributed by atoms with Crippen molar-refractivity contribution in [2.75, 3.05) is 5.32 Å². The predicted octanol–water partition coefficient (Wildman–Crippen LogP) is 4.64. The number of H-pyrrole nitrogens is 1. The van der Waals surface area contributed by atoms with Gasteiger partial charge < -0.3 is 10.1 Å². The van der Waals surface area contributed by atoms with Crippen LogP contribution in [-0.2, 0) is 24.1 Å². The average molecular weight is 499 g/mol. The lowest BCUT2D eigenvalue weighted by atomic mass is 10.1. The number of carbonyl (C=O) groups excluding carboxylic acids is 1. The van der Waals surface area contributed by atoms with Crippen LogP contribution in [0.5, 0.6) is 0 Å². The van der Waals surface area contributed by atoms with Gasteiger partial charge in [0.2, 0.25) is 5.13 Å². The van der Waals surface area contributed by atoms with Gasteiger partial charge in [0, 0.05) is 23.9 Å². The van der Waals surface area contributed by atoms with Gasteiger partial charge in [-0.25, -0.2) is 0 Å². The molecule has 0 fully saturated rings. The number of fused-ring (bicyclic) bond motifs is 1. The van der Waals surface area contributed by atoms with E-state index in [4.69, 9.17) is 0 Å². The molecule has 9 heteroatoms. The SMILES string of the molecule is O=C(Nc1nnc(CCCCc2cc3cc(Cc4ccccc4)[nH]c3nn2)s1)[C@H](O)c1ccccc1. The van der Waals surface area contributed by atoms with E-state index in [1.165, 1.54) is 16.9 Å². The van der Waals surface area contributed by atoms with Gasteiger partial charge >= 0.3 is 0 Å². The van der Waals surface area contributed by atoms with Crippen LogP contribution in [0, 0.1) is 0 Å². The van der Waals surface area contributed by atoms with Gasteiger partial charge in [-0.15, -0.1) is 15.3 Å². The number of amides is 1. The lowest BCUT2D eigenvalue weighted by Crippen LogP contribution is -2.20. The molecule has 1 amide bonds. The van der Waals surface area contributed by atoms with Crippen molar-refractivity contribution in [2.45, 2.75) is 38.2 Å². The molecule has 2 aromatic carbocycles. The smallest absolute Gasteiger partial charge is 0.259 e. The van der Waals surface area contributed by atoms with E-state index in [1.807, 2.05) is 24.3 Å². The topological polar surface area (TPSA) is 117 Å². The van der Waals surface area contributed by atoms with Crippen LogP contribution >= 0.6 is 11.3 Å². The Balaban J connectivity index is 1.09. The van der Waals surface area contributed by atoms with Crippen LogP contribution in [0.4, 0.5) is 5.13 Å². The molecule has 0 saturated heterocycles. The molecule has 0 aliphatic heterocycles. The molecule has 0 radical (unpaired) electrons. The Morgan fingerprint density at radius 3 is 2.47 bits per heavy atom. The molecular formula is C27H26N6O2S. The summed E-state index contributed by atoms with van der Waals surface area (Å²) in [5.41, 5.74) is 4.69. The van der Waals surface area contributed by atoms with Gasteiger partial charge in [0.15, 0.2) is 11.8 Å². The van der Waals surface area contributed by atoms with Gasteiger partial charge in [-0.3, -0.25) is 10.1 Å². The van der Waals surface area contributed by atoms with Crippen LogP contribution in [-0.4, -0.2) is 36.4 Å². The van der Waals surface area contributed by atoms with Gasteiger partial charge in [-0.05, 0) is 42.5 Å². The summed E-state index contributed by atoms with van der Waals surface area (Å²) in [7, 11) is 0. The number of nitrogens with zero attached hydrogens (tertiary/aromatic N) is 4. The van der Waals surface area contributed by atoms with E-state index in [0.717, 1.165) is 59.5 Å². The highest BCUT2D eigenvalue weighted by Crippen LogP contribution is 2.21. The number of aliphatic hydroxyl groups is 1. The Bertz CT molecular complexity index is 1430. The number of aromatic nitrogens is 5. The third kappa shape index (κ3) is 5.99. The summed E-state index contributed by atoms with van der Waals surface area (Å²) in [5, 5.41) is 32.1. The van der Waals surface area contributed by atoms with Crippen LogP contribution in [0.15, 0.2) is 72.8 Å². The molecule has 182 valence electrons. The molecule has 8 nitrogen and oxygen atoms in total. The number of aliphatic hydroxyl groups excluding tert-OH is 1. The third-order valence-corrected chi connectivity index (χ3v) is 6.75. The Kier molecular flexibility index (Phi) is 7.39. The van der Waals surface area contributed by atoms with Crippen molar-refractivity contribution in [1.82, 2.24) is 25.4 Å². The highest BCUT2D eigenvalue weighted by Gasteiger charge is 2.18.